The number of nitrogens with one attached hydrogen (secondary N) is 2. The van der Waals surface area contributed by atoms with Gasteiger partial charge in [0.1, 0.15) is 0 Å². The first-order chi connectivity index (χ1) is 12.9. The zero-order valence-corrected chi connectivity index (χ0v) is 18.5. The normalized spacial score (nSPS) is 12.2. The molecular formula is C20H24Cl2N2O3S. The van der Waals surface area contributed by atoms with E-state index in [0.717, 1.165) is 5.56 Å². The van der Waals surface area contributed by atoms with Gasteiger partial charge in [0.2, 0.25) is 10.0 Å². The first-order valence-electron chi connectivity index (χ1n) is 8.78. The molecule has 0 fully saturated rings. The molecule has 0 aliphatic rings. The largest absolute Gasteiger partial charge is 0.351 e. The third-order valence-corrected chi connectivity index (χ3v) is 6.44. The van der Waals surface area contributed by atoms with Crippen molar-refractivity contribution in [2.24, 2.45) is 0 Å². The highest BCUT2D eigenvalue weighted by Gasteiger charge is 2.24. The van der Waals surface area contributed by atoms with Gasteiger partial charge < -0.3 is 5.32 Å². The smallest absolute Gasteiger partial charge is 0.252 e. The number of sulfonamides is 1. The Hall–Kier alpha value is -1.60. The van der Waals surface area contributed by atoms with E-state index >= 15 is 0 Å². The Labute approximate surface area is 176 Å². The number of rotatable bonds is 7. The van der Waals surface area contributed by atoms with E-state index in [1.54, 1.807) is 26.0 Å². The summed E-state index contributed by atoms with van der Waals surface area (Å²) in [6.07, 6.45) is 0. The van der Waals surface area contributed by atoms with Crippen LogP contribution in [0.25, 0.3) is 0 Å². The highest BCUT2D eigenvalue weighted by molar-refractivity contribution is 7.89. The molecule has 0 aromatic heterocycles. The average Bonchev–Trinajstić information content (AvgIpc) is 2.59. The van der Waals surface area contributed by atoms with E-state index in [0.29, 0.717) is 11.6 Å². The van der Waals surface area contributed by atoms with Crippen LogP contribution in [-0.4, -0.2) is 26.9 Å². The van der Waals surface area contributed by atoms with Gasteiger partial charge >= 0.3 is 0 Å². The van der Waals surface area contributed by atoms with Gasteiger partial charge in [-0.05, 0) is 49.7 Å². The summed E-state index contributed by atoms with van der Waals surface area (Å²) in [7, 11) is -3.72. The summed E-state index contributed by atoms with van der Waals surface area (Å²) in [4.78, 5) is 12.7. The third kappa shape index (κ3) is 5.70. The fraction of sp³-hybridized carbons (Fsp3) is 0.350. The molecule has 0 radical (unpaired) electrons. The van der Waals surface area contributed by atoms with Crippen molar-refractivity contribution < 1.29 is 13.2 Å². The van der Waals surface area contributed by atoms with Crippen LogP contribution in [0.1, 0.15) is 43.6 Å². The predicted octanol–water partition coefficient (Wildman–Crippen LogP) is 4.39. The molecule has 2 N–H and O–H groups in total. The Morgan fingerprint density at radius 2 is 1.68 bits per heavy atom. The lowest BCUT2D eigenvalue weighted by atomic mass is 9.84. The highest BCUT2D eigenvalue weighted by Crippen LogP contribution is 2.25. The number of benzene rings is 2. The van der Waals surface area contributed by atoms with E-state index in [1.807, 2.05) is 26.0 Å². The molecule has 5 nitrogen and oxygen atoms in total. The van der Waals surface area contributed by atoms with Crippen LogP contribution in [0.3, 0.4) is 0 Å². The summed E-state index contributed by atoms with van der Waals surface area (Å²) in [6, 6.07) is 11.2. The van der Waals surface area contributed by atoms with Gasteiger partial charge in [-0.2, -0.15) is 0 Å². The molecule has 0 atom stereocenters. The van der Waals surface area contributed by atoms with Crippen molar-refractivity contribution in [3.63, 3.8) is 0 Å². The molecule has 152 valence electrons. The second-order valence-corrected chi connectivity index (χ2v) is 10.0. The second kappa shape index (κ2) is 8.82. The quantitative estimate of drug-likeness (QED) is 0.667. The Morgan fingerprint density at radius 3 is 2.25 bits per heavy atom. The molecule has 0 aliphatic heterocycles. The molecule has 2 aromatic rings. The van der Waals surface area contributed by atoms with Crippen LogP contribution in [0.5, 0.6) is 0 Å². The summed E-state index contributed by atoms with van der Waals surface area (Å²) in [5.41, 5.74) is 0.774. The molecule has 0 saturated carbocycles. The van der Waals surface area contributed by atoms with Crippen molar-refractivity contribution in [2.75, 3.05) is 6.54 Å². The maximum Gasteiger partial charge on any atom is 0.252 e. The molecule has 28 heavy (non-hydrogen) atoms. The standard InChI is InChI=1S/C20H24Cl2N2O3S/c1-13(2)24-28(26,27)16-9-10-18(22)17(11-16)19(25)23-12-20(3,4)14-5-7-15(21)8-6-14/h5-11,13,24H,12H2,1-4H3,(H,23,25). The van der Waals surface area contributed by atoms with Gasteiger partial charge in [0.25, 0.3) is 5.91 Å². The van der Waals surface area contributed by atoms with Crippen LogP contribution < -0.4 is 10.0 Å². The first-order valence-corrected chi connectivity index (χ1v) is 11.0. The minimum atomic E-state index is -3.72. The fourth-order valence-corrected chi connectivity index (χ4v) is 4.23. The van der Waals surface area contributed by atoms with Crippen LogP contribution in [-0.2, 0) is 15.4 Å². The van der Waals surface area contributed by atoms with Crippen molar-refractivity contribution in [1.29, 1.82) is 0 Å². The van der Waals surface area contributed by atoms with Crippen LogP contribution in [0.2, 0.25) is 10.0 Å². The van der Waals surface area contributed by atoms with E-state index in [2.05, 4.69) is 10.0 Å². The summed E-state index contributed by atoms with van der Waals surface area (Å²) in [5.74, 6) is -0.436. The first kappa shape index (κ1) is 22.7. The minimum absolute atomic E-state index is 0.00675. The Morgan fingerprint density at radius 1 is 1.07 bits per heavy atom. The van der Waals surface area contributed by atoms with Crippen LogP contribution >= 0.6 is 23.2 Å². The second-order valence-electron chi connectivity index (χ2n) is 7.49. The van der Waals surface area contributed by atoms with Crippen LogP contribution in [0.15, 0.2) is 47.4 Å². The zero-order chi connectivity index (χ0) is 21.1. The van der Waals surface area contributed by atoms with E-state index < -0.39 is 15.9 Å². The zero-order valence-electron chi connectivity index (χ0n) is 16.2. The number of carbonyl (C=O) groups is 1. The van der Waals surface area contributed by atoms with Gasteiger partial charge in [0, 0.05) is 23.0 Å². The molecule has 2 rings (SSSR count). The Kier molecular flexibility index (Phi) is 7.15. The van der Waals surface area contributed by atoms with Crippen molar-refractivity contribution >= 4 is 39.1 Å². The van der Waals surface area contributed by atoms with E-state index in [4.69, 9.17) is 23.2 Å². The number of carbonyl (C=O) groups excluding carboxylic acids is 1. The molecule has 0 spiro atoms. The molecule has 8 heteroatoms. The Balaban J connectivity index is 2.20. The summed E-state index contributed by atoms with van der Waals surface area (Å²) >= 11 is 12.1. The van der Waals surface area contributed by atoms with Gasteiger partial charge in [-0.3, -0.25) is 4.79 Å². The molecule has 0 heterocycles. The SMILES string of the molecule is CC(C)NS(=O)(=O)c1ccc(Cl)c(C(=O)NCC(C)(C)c2ccc(Cl)cc2)c1. The highest BCUT2D eigenvalue weighted by atomic mass is 35.5. The molecule has 0 unspecified atom stereocenters. The van der Waals surface area contributed by atoms with E-state index in [9.17, 15) is 13.2 Å². The van der Waals surface area contributed by atoms with E-state index in [1.165, 1.54) is 18.2 Å². The summed E-state index contributed by atoms with van der Waals surface area (Å²) in [5, 5.41) is 3.67. The predicted molar refractivity (Wildman–Crippen MR) is 114 cm³/mol. The minimum Gasteiger partial charge on any atom is -0.351 e. The van der Waals surface area contributed by atoms with Crippen molar-refractivity contribution in [3.05, 3.63) is 63.6 Å². The average molecular weight is 443 g/mol. The molecule has 0 saturated heterocycles. The van der Waals surface area contributed by atoms with Crippen LogP contribution in [0.4, 0.5) is 0 Å². The topological polar surface area (TPSA) is 75.3 Å². The Bertz CT molecular complexity index is 956. The van der Waals surface area contributed by atoms with Gasteiger partial charge in [-0.25, -0.2) is 13.1 Å². The summed E-state index contributed by atoms with van der Waals surface area (Å²) < 4.78 is 27.2. The number of hydrogen-bond donors (Lipinski definition) is 2. The molecule has 2 aromatic carbocycles. The number of halogens is 2. The van der Waals surface area contributed by atoms with Crippen molar-refractivity contribution in [2.45, 2.75) is 44.0 Å². The van der Waals surface area contributed by atoms with Gasteiger partial charge in [-0.1, -0.05) is 49.2 Å². The lowest BCUT2D eigenvalue weighted by molar-refractivity contribution is 0.0945. The monoisotopic (exact) mass is 442 g/mol. The maximum atomic E-state index is 12.7. The molecule has 0 bridgehead atoms. The number of amides is 1. The van der Waals surface area contributed by atoms with Gasteiger partial charge in [0.05, 0.1) is 15.5 Å². The molecule has 0 aliphatic carbocycles. The number of hydrogen-bond acceptors (Lipinski definition) is 3. The fourth-order valence-electron chi connectivity index (χ4n) is 2.62. The third-order valence-electron chi connectivity index (χ3n) is 4.20. The molecule has 1 amide bonds. The van der Waals surface area contributed by atoms with E-state index in [-0.39, 0.29) is 26.9 Å². The summed E-state index contributed by atoms with van der Waals surface area (Å²) in [6.45, 7) is 7.77. The molecular weight excluding hydrogens is 419 g/mol. The van der Waals surface area contributed by atoms with Gasteiger partial charge in [0.15, 0.2) is 0 Å². The lowest BCUT2D eigenvalue weighted by Crippen LogP contribution is -2.37. The lowest BCUT2D eigenvalue weighted by Gasteiger charge is -2.26. The van der Waals surface area contributed by atoms with Gasteiger partial charge in [-0.15, -0.1) is 0 Å². The van der Waals surface area contributed by atoms with Crippen LogP contribution in [0, 0.1) is 0 Å². The van der Waals surface area contributed by atoms with Crippen molar-refractivity contribution in [1.82, 2.24) is 10.0 Å². The maximum absolute atomic E-state index is 12.7. The van der Waals surface area contributed by atoms with Crippen molar-refractivity contribution in [3.8, 4) is 0 Å².